The Morgan fingerprint density at radius 1 is 1.18 bits per heavy atom. The molecule has 0 atom stereocenters. The smallest absolute Gasteiger partial charge is 0.0386 e. The minimum absolute atomic E-state index is 1.09. The molecule has 0 aliphatic rings. The second-order valence-corrected chi connectivity index (χ2v) is 2.68. The van der Waals surface area contributed by atoms with E-state index in [2.05, 4.69) is 36.2 Å². The quantitative estimate of drug-likeness (QED) is 0.541. The Morgan fingerprint density at radius 3 is 2.18 bits per heavy atom. The Hall–Kier alpha value is -1.11. The lowest BCUT2D eigenvalue weighted by Gasteiger charge is -1.98. The van der Waals surface area contributed by atoms with Crippen LogP contribution in [0.5, 0.6) is 0 Å². The van der Waals surface area contributed by atoms with E-state index in [1.54, 1.807) is 0 Å². The average Bonchev–Trinajstić information content (AvgIpc) is 2.05. The zero-order valence-corrected chi connectivity index (χ0v) is 7.26. The third kappa shape index (κ3) is 1.90. The van der Waals surface area contributed by atoms with Gasteiger partial charge in [-0.05, 0) is 19.4 Å². The first-order valence-electron chi connectivity index (χ1n) is 3.74. The highest BCUT2D eigenvalue weighted by Crippen LogP contribution is 2.03. The lowest BCUT2D eigenvalue weighted by molar-refractivity contribution is 1.39. The fourth-order valence-corrected chi connectivity index (χ4v) is 0.924. The summed E-state index contributed by atoms with van der Waals surface area (Å²) in [7, 11) is 1.81. The third-order valence-corrected chi connectivity index (χ3v) is 1.80. The highest BCUT2D eigenvalue weighted by Gasteiger charge is 1.93. The van der Waals surface area contributed by atoms with Crippen LogP contribution in [0.25, 0.3) is 0 Å². The second-order valence-electron chi connectivity index (χ2n) is 2.68. The molecule has 0 bridgehead atoms. The van der Waals surface area contributed by atoms with Gasteiger partial charge in [0.2, 0.25) is 0 Å². The molecule has 0 spiro atoms. The SMILES string of the molecule is C/N=C(\C)c1ccc(C)cc1. The maximum absolute atomic E-state index is 4.11. The molecule has 0 aromatic heterocycles. The Kier molecular flexibility index (Phi) is 2.42. The highest BCUT2D eigenvalue weighted by atomic mass is 14.7. The molecule has 0 N–H and O–H groups in total. The first kappa shape index (κ1) is 7.99. The minimum atomic E-state index is 1.09. The standard InChI is InChI=1S/C10H13N/c1-8-4-6-10(7-5-8)9(2)11-3/h4-7H,1-3H3/b11-9+. The number of benzene rings is 1. The molecule has 0 radical (unpaired) electrons. The van der Waals surface area contributed by atoms with Gasteiger partial charge in [-0.3, -0.25) is 4.99 Å². The van der Waals surface area contributed by atoms with Gasteiger partial charge < -0.3 is 0 Å². The molecule has 1 heteroatoms. The lowest BCUT2D eigenvalue weighted by atomic mass is 10.1. The molecule has 1 rings (SSSR count). The van der Waals surface area contributed by atoms with E-state index in [9.17, 15) is 0 Å². The van der Waals surface area contributed by atoms with Crippen molar-refractivity contribution in [3.05, 3.63) is 35.4 Å². The molecule has 0 unspecified atom stereocenters. The van der Waals surface area contributed by atoms with Gasteiger partial charge in [-0.1, -0.05) is 29.8 Å². The molecule has 0 aliphatic carbocycles. The Morgan fingerprint density at radius 2 is 1.73 bits per heavy atom. The topological polar surface area (TPSA) is 12.4 Å². The maximum atomic E-state index is 4.11. The van der Waals surface area contributed by atoms with Crippen molar-refractivity contribution in [1.82, 2.24) is 0 Å². The second kappa shape index (κ2) is 3.33. The number of nitrogens with zero attached hydrogens (tertiary/aromatic N) is 1. The zero-order chi connectivity index (χ0) is 8.27. The van der Waals surface area contributed by atoms with Gasteiger partial charge in [0.25, 0.3) is 0 Å². The Balaban J connectivity index is 2.99. The van der Waals surface area contributed by atoms with Gasteiger partial charge in [0, 0.05) is 12.8 Å². The largest absolute Gasteiger partial charge is 0.293 e. The molecule has 0 aliphatic heterocycles. The number of hydrogen-bond acceptors (Lipinski definition) is 1. The summed E-state index contributed by atoms with van der Waals surface area (Å²) in [6.07, 6.45) is 0. The summed E-state index contributed by atoms with van der Waals surface area (Å²) in [4.78, 5) is 4.11. The van der Waals surface area contributed by atoms with E-state index in [1.165, 1.54) is 11.1 Å². The number of aryl methyl sites for hydroxylation is 1. The fourth-order valence-electron chi connectivity index (χ4n) is 0.924. The Labute approximate surface area is 67.8 Å². The molecule has 0 saturated carbocycles. The molecule has 1 aromatic carbocycles. The molecule has 1 nitrogen and oxygen atoms in total. The fraction of sp³-hybridized carbons (Fsp3) is 0.300. The van der Waals surface area contributed by atoms with Gasteiger partial charge in [-0.2, -0.15) is 0 Å². The predicted octanol–water partition coefficient (Wildman–Crippen LogP) is 2.43. The van der Waals surface area contributed by atoms with Crippen LogP contribution in [0.2, 0.25) is 0 Å². The average molecular weight is 147 g/mol. The molecule has 0 amide bonds. The first-order valence-corrected chi connectivity index (χ1v) is 3.74. The maximum Gasteiger partial charge on any atom is 0.0386 e. The summed E-state index contributed by atoms with van der Waals surface area (Å²) >= 11 is 0. The molecule has 58 valence electrons. The molecule has 0 heterocycles. The van der Waals surface area contributed by atoms with E-state index in [1.807, 2.05) is 14.0 Å². The molecular weight excluding hydrogens is 134 g/mol. The summed E-state index contributed by atoms with van der Waals surface area (Å²) in [5.41, 5.74) is 3.58. The van der Waals surface area contributed by atoms with Crippen molar-refractivity contribution in [2.75, 3.05) is 7.05 Å². The van der Waals surface area contributed by atoms with Crippen molar-refractivity contribution in [2.24, 2.45) is 4.99 Å². The van der Waals surface area contributed by atoms with Gasteiger partial charge in [0.15, 0.2) is 0 Å². The van der Waals surface area contributed by atoms with Crippen LogP contribution in [0.3, 0.4) is 0 Å². The predicted molar refractivity (Wildman–Crippen MR) is 49.3 cm³/mol. The van der Waals surface area contributed by atoms with Gasteiger partial charge in [0.1, 0.15) is 0 Å². The van der Waals surface area contributed by atoms with Gasteiger partial charge in [0.05, 0.1) is 0 Å². The monoisotopic (exact) mass is 147 g/mol. The van der Waals surface area contributed by atoms with Crippen molar-refractivity contribution in [3.8, 4) is 0 Å². The van der Waals surface area contributed by atoms with Gasteiger partial charge in [-0.15, -0.1) is 0 Å². The molecule has 0 fully saturated rings. The van der Waals surface area contributed by atoms with Gasteiger partial charge in [-0.25, -0.2) is 0 Å². The lowest BCUT2D eigenvalue weighted by Crippen LogP contribution is -1.92. The highest BCUT2D eigenvalue weighted by molar-refractivity contribution is 5.98. The summed E-state index contributed by atoms with van der Waals surface area (Å²) in [5.74, 6) is 0. The summed E-state index contributed by atoms with van der Waals surface area (Å²) in [5, 5.41) is 0. The van der Waals surface area contributed by atoms with Crippen LogP contribution in [0, 0.1) is 6.92 Å². The number of hydrogen-bond donors (Lipinski definition) is 0. The van der Waals surface area contributed by atoms with Crippen molar-refractivity contribution < 1.29 is 0 Å². The van der Waals surface area contributed by atoms with E-state index in [0.29, 0.717) is 0 Å². The normalized spacial score (nSPS) is 11.7. The zero-order valence-electron chi connectivity index (χ0n) is 7.26. The van der Waals surface area contributed by atoms with E-state index in [4.69, 9.17) is 0 Å². The van der Waals surface area contributed by atoms with Crippen molar-refractivity contribution in [3.63, 3.8) is 0 Å². The van der Waals surface area contributed by atoms with Crippen LogP contribution in [0.4, 0.5) is 0 Å². The van der Waals surface area contributed by atoms with Gasteiger partial charge >= 0.3 is 0 Å². The van der Waals surface area contributed by atoms with E-state index in [-0.39, 0.29) is 0 Å². The summed E-state index contributed by atoms with van der Waals surface area (Å²) in [6.45, 7) is 4.10. The van der Waals surface area contributed by atoms with E-state index < -0.39 is 0 Å². The summed E-state index contributed by atoms with van der Waals surface area (Å²) < 4.78 is 0. The van der Waals surface area contributed by atoms with Crippen LogP contribution < -0.4 is 0 Å². The molecule has 1 aromatic rings. The van der Waals surface area contributed by atoms with Crippen LogP contribution in [0.15, 0.2) is 29.3 Å². The van der Waals surface area contributed by atoms with Crippen molar-refractivity contribution >= 4 is 5.71 Å². The molecule has 11 heavy (non-hydrogen) atoms. The third-order valence-electron chi connectivity index (χ3n) is 1.80. The van der Waals surface area contributed by atoms with E-state index >= 15 is 0 Å². The summed E-state index contributed by atoms with van der Waals surface area (Å²) in [6, 6.07) is 8.39. The molecular formula is C10H13N. The number of aliphatic imine (C=N–C) groups is 1. The van der Waals surface area contributed by atoms with Crippen LogP contribution >= 0.6 is 0 Å². The first-order chi connectivity index (χ1) is 5.24. The molecule has 0 saturated heterocycles. The van der Waals surface area contributed by atoms with Crippen molar-refractivity contribution in [2.45, 2.75) is 13.8 Å². The van der Waals surface area contributed by atoms with Crippen molar-refractivity contribution in [1.29, 1.82) is 0 Å². The van der Waals surface area contributed by atoms with Crippen LogP contribution in [0.1, 0.15) is 18.1 Å². The van der Waals surface area contributed by atoms with Crippen LogP contribution in [-0.4, -0.2) is 12.8 Å². The van der Waals surface area contributed by atoms with E-state index in [0.717, 1.165) is 5.71 Å². The number of rotatable bonds is 1. The minimum Gasteiger partial charge on any atom is -0.293 e. The van der Waals surface area contributed by atoms with Crippen LogP contribution in [-0.2, 0) is 0 Å². The Bertz CT molecular complexity index is 257.